The number of hydrogen-bond acceptors (Lipinski definition) is 7. The summed E-state index contributed by atoms with van der Waals surface area (Å²) < 4.78 is 39.4. The Labute approximate surface area is 233 Å². The van der Waals surface area contributed by atoms with E-state index in [1.807, 2.05) is 35.2 Å². The third-order valence-corrected chi connectivity index (χ3v) is 9.88. The standard InChI is InChI=1S/C29H31N3O5S2/c1-30(39(34,35)24-10-11-25(36-2)26(19-24)37-3)23-9-12-27-22(17-23)18-28(38-27)29(33)32-15-13-31(14-16-32)20-21-7-5-4-6-8-21/h4-12,17-19H,13-16,20H2,1-3H3. The van der Waals surface area contributed by atoms with Crippen molar-refractivity contribution in [2.45, 2.75) is 11.4 Å². The van der Waals surface area contributed by atoms with Crippen LogP contribution < -0.4 is 13.8 Å². The van der Waals surface area contributed by atoms with Crippen LogP contribution >= 0.6 is 11.3 Å². The molecule has 3 aromatic carbocycles. The lowest BCUT2D eigenvalue weighted by molar-refractivity contribution is 0.0633. The molecule has 8 nitrogen and oxygen atoms in total. The molecular formula is C29H31N3O5S2. The Bertz CT molecular complexity index is 1580. The average molecular weight is 566 g/mol. The Kier molecular flexibility index (Phi) is 7.79. The first-order valence-corrected chi connectivity index (χ1v) is 14.9. The van der Waals surface area contributed by atoms with Crippen molar-refractivity contribution >= 4 is 43.0 Å². The molecule has 1 fully saturated rings. The summed E-state index contributed by atoms with van der Waals surface area (Å²) in [4.78, 5) is 18.3. The van der Waals surface area contributed by atoms with Crippen LogP contribution in [0.25, 0.3) is 10.1 Å². The second kappa shape index (κ2) is 11.3. The largest absolute Gasteiger partial charge is 0.493 e. The highest BCUT2D eigenvalue weighted by Crippen LogP contribution is 2.34. The molecule has 0 aliphatic carbocycles. The fourth-order valence-electron chi connectivity index (χ4n) is 4.71. The minimum atomic E-state index is -3.85. The molecule has 0 bridgehead atoms. The molecule has 1 aromatic heterocycles. The lowest BCUT2D eigenvalue weighted by Crippen LogP contribution is -2.48. The lowest BCUT2D eigenvalue weighted by atomic mass is 10.2. The molecule has 10 heteroatoms. The molecular weight excluding hydrogens is 534 g/mol. The summed E-state index contributed by atoms with van der Waals surface area (Å²) >= 11 is 1.43. The Balaban J connectivity index is 1.29. The average Bonchev–Trinajstić information content (AvgIpc) is 3.40. The molecule has 204 valence electrons. The molecule has 5 rings (SSSR count). The van der Waals surface area contributed by atoms with Crippen LogP contribution in [0.1, 0.15) is 15.2 Å². The third kappa shape index (κ3) is 5.59. The second-order valence-electron chi connectivity index (χ2n) is 9.38. The van der Waals surface area contributed by atoms with Crippen LogP contribution in [-0.2, 0) is 16.6 Å². The summed E-state index contributed by atoms with van der Waals surface area (Å²) in [5, 5.41) is 0.831. The zero-order chi connectivity index (χ0) is 27.6. The van der Waals surface area contributed by atoms with Gasteiger partial charge in [-0.05, 0) is 47.3 Å². The molecule has 1 aliphatic rings. The van der Waals surface area contributed by atoms with Gasteiger partial charge >= 0.3 is 0 Å². The normalized spacial score (nSPS) is 14.4. The number of carbonyl (C=O) groups excluding carboxylic acids is 1. The van der Waals surface area contributed by atoms with Crippen molar-refractivity contribution in [2.75, 3.05) is 51.8 Å². The van der Waals surface area contributed by atoms with Gasteiger partial charge in [-0.3, -0.25) is 14.0 Å². The molecule has 4 aromatic rings. The van der Waals surface area contributed by atoms with Crippen LogP contribution in [0.15, 0.2) is 77.7 Å². The van der Waals surface area contributed by atoms with E-state index in [0.717, 1.165) is 29.7 Å². The van der Waals surface area contributed by atoms with Gasteiger partial charge in [-0.15, -0.1) is 11.3 Å². The molecule has 0 saturated carbocycles. The molecule has 0 radical (unpaired) electrons. The Morgan fingerprint density at radius 3 is 2.31 bits per heavy atom. The Morgan fingerprint density at radius 2 is 1.62 bits per heavy atom. The zero-order valence-corrected chi connectivity index (χ0v) is 23.8. The van der Waals surface area contributed by atoms with Gasteiger partial charge in [0, 0.05) is 50.5 Å². The van der Waals surface area contributed by atoms with Crippen molar-refractivity contribution in [3.8, 4) is 11.5 Å². The van der Waals surface area contributed by atoms with Gasteiger partial charge in [-0.1, -0.05) is 30.3 Å². The maximum atomic E-state index is 13.4. The van der Waals surface area contributed by atoms with Crippen LogP contribution in [0.3, 0.4) is 0 Å². The van der Waals surface area contributed by atoms with Gasteiger partial charge in [-0.25, -0.2) is 8.42 Å². The maximum absolute atomic E-state index is 13.4. The van der Waals surface area contributed by atoms with Crippen LogP contribution in [-0.4, -0.2) is 71.6 Å². The smallest absolute Gasteiger partial charge is 0.264 e. The molecule has 0 atom stereocenters. The molecule has 1 aliphatic heterocycles. The molecule has 0 spiro atoms. The third-order valence-electron chi connectivity index (χ3n) is 7.00. The monoisotopic (exact) mass is 565 g/mol. The first kappa shape index (κ1) is 27.0. The van der Waals surface area contributed by atoms with Crippen LogP contribution in [0, 0.1) is 0 Å². The van der Waals surface area contributed by atoms with Crippen LogP contribution in [0.5, 0.6) is 11.5 Å². The number of ether oxygens (including phenoxy) is 2. The second-order valence-corrected chi connectivity index (χ2v) is 12.4. The minimum Gasteiger partial charge on any atom is -0.493 e. The summed E-state index contributed by atoms with van der Waals surface area (Å²) in [6.07, 6.45) is 0. The van der Waals surface area contributed by atoms with E-state index in [9.17, 15) is 13.2 Å². The van der Waals surface area contributed by atoms with E-state index in [1.54, 1.807) is 18.2 Å². The summed E-state index contributed by atoms with van der Waals surface area (Å²) in [7, 11) is 0.626. The fraction of sp³-hybridized carbons (Fsp3) is 0.276. The highest BCUT2D eigenvalue weighted by molar-refractivity contribution is 7.92. The van der Waals surface area contributed by atoms with Crippen molar-refractivity contribution in [3.63, 3.8) is 0 Å². The number of benzene rings is 3. The van der Waals surface area contributed by atoms with Crippen molar-refractivity contribution in [1.82, 2.24) is 9.80 Å². The topological polar surface area (TPSA) is 79.4 Å². The molecule has 2 heterocycles. The number of anilines is 1. The van der Waals surface area contributed by atoms with Gasteiger partial charge in [-0.2, -0.15) is 0 Å². The highest BCUT2D eigenvalue weighted by Gasteiger charge is 2.26. The number of piperazine rings is 1. The quantitative estimate of drug-likeness (QED) is 0.308. The van der Waals surface area contributed by atoms with Crippen molar-refractivity contribution < 1.29 is 22.7 Å². The summed E-state index contributed by atoms with van der Waals surface area (Å²) in [6, 6.07) is 22.2. The first-order valence-electron chi connectivity index (χ1n) is 12.6. The van der Waals surface area contributed by atoms with Crippen LogP contribution in [0.4, 0.5) is 5.69 Å². The van der Waals surface area contributed by atoms with E-state index in [1.165, 1.54) is 54.6 Å². The van der Waals surface area contributed by atoms with Crippen molar-refractivity contribution in [3.05, 3.63) is 83.2 Å². The number of hydrogen-bond donors (Lipinski definition) is 0. The number of rotatable bonds is 8. The van der Waals surface area contributed by atoms with E-state index in [2.05, 4.69) is 17.0 Å². The van der Waals surface area contributed by atoms with Crippen molar-refractivity contribution in [2.24, 2.45) is 0 Å². The van der Waals surface area contributed by atoms with Gasteiger partial charge in [0.1, 0.15) is 0 Å². The molecule has 39 heavy (non-hydrogen) atoms. The first-order chi connectivity index (χ1) is 18.8. The predicted molar refractivity (Wildman–Crippen MR) is 155 cm³/mol. The number of carbonyl (C=O) groups is 1. The van der Waals surface area contributed by atoms with E-state index in [0.29, 0.717) is 35.2 Å². The number of amides is 1. The van der Waals surface area contributed by atoms with Gasteiger partial charge in [0.05, 0.1) is 29.7 Å². The number of nitrogens with zero attached hydrogens (tertiary/aromatic N) is 3. The summed E-state index contributed by atoms with van der Waals surface area (Å²) in [5.41, 5.74) is 1.78. The Morgan fingerprint density at radius 1 is 0.897 bits per heavy atom. The van der Waals surface area contributed by atoms with E-state index < -0.39 is 10.0 Å². The predicted octanol–water partition coefficient (Wildman–Crippen LogP) is 4.70. The van der Waals surface area contributed by atoms with E-state index in [-0.39, 0.29) is 10.8 Å². The van der Waals surface area contributed by atoms with Gasteiger partial charge in [0.2, 0.25) is 0 Å². The number of sulfonamides is 1. The molecule has 0 N–H and O–H groups in total. The molecule has 1 amide bonds. The SMILES string of the molecule is COc1ccc(S(=O)(=O)N(C)c2ccc3sc(C(=O)N4CCN(Cc5ccccc5)CC4)cc3c2)cc1OC. The fourth-order valence-corrected chi connectivity index (χ4v) is 6.93. The van der Waals surface area contributed by atoms with E-state index >= 15 is 0 Å². The number of methoxy groups -OCH3 is 2. The number of fused-ring (bicyclic) bond motifs is 1. The zero-order valence-electron chi connectivity index (χ0n) is 22.2. The Hall–Kier alpha value is -3.60. The maximum Gasteiger partial charge on any atom is 0.264 e. The lowest BCUT2D eigenvalue weighted by Gasteiger charge is -2.34. The van der Waals surface area contributed by atoms with E-state index in [4.69, 9.17) is 9.47 Å². The van der Waals surface area contributed by atoms with Gasteiger partial charge in [0.25, 0.3) is 15.9 Å². The van der Waals surface area contributed by atoms with Crippen LogP contribution in [0.2, 0.25) is 0 Å². The summed E-state index contributed by atoms with van der Waals surface area (Å²) in [5.74, 6) is 0.807. The van der Waals surface area contributed by atoms with Crippen molar-refractivity contribution in [1.29, 1.82) is 0 Å². The summed E-state index contributed by atoms with van der Waals surface area (Å²) in [6.45, 7) is 3.89. The van der Waals surface area contributed by atoms with Gasteiger partial charge < -0.3 is 14.4 Å². The van der Waals surface area contributed by atoms with Gasteiger partial charge in [0.15, 0.2) is 11.5 Å². The molecule has 0 unspecified atom stereocenters. The highest BCUT2D eigenvalue weighted by atomic mass is 32.2. The minimum absolute atomic E-state index is 0.0171. The molecule has 1 saturated heterocycles. The number of thiophene rings is 1.